The van der Waals surface area contributed by atoms with Crippen molar-refractivity contribution >= 4 is 5.91 Å². The molecule has 0 bridgehead atoms. The van der Waals surface area contributed by atoms with Gasteiger partial charge in [0.05, 0.1) is 37.5 Å². The predicted molar refractivity (Wildman–Crippen MR) is 96.5 cm³/mol. The van der Waals surface area contributed by atoms with Crippen LogP contribution >= 0.6 is 0 Å². The van der Waals surface area contributed by atoms with Gasteiger partial charge in [-0.3, -0.25) is 4.79 Å². The monoisotopic (exact) mass is 345 g/mol. The molecule has 5 rings (SSSR count). The largest absolute Gasteiger partial charge is 0.372 e. The Kier molecular flexibility index (Phi) is 3.60. The summed E-state index contributed by atoms with van der Waals surface area (Å²) in [6.07, 6.45) is 1.72. The molecule has 1 amide bonds. The number of fused-ring (bicyclic) bond motifs is 2. The van der Waals surface area contributed by atoms with Crippen LogP contribution < -0.4 is 0 Å². The van der Waals surface area contributed by atoms with Crippen molar-refractivity contribution in [2.24, 2.45) is 0 Å². The molecule has 1 aromatic heterocycles. The van der Waals surface area contributed by atoms with E-state index >= 15 is 0 Å². The van der Waals surface area contributed by atoms with Crippen molar-refractivity contribution in [2.45, 2.75) is 25.7 Å². The fourth-order valence-electron chi connectivity index (χ4n) is 4.00. The molecule has 2 aromatic carbocycles. The number of benzene rings is 2. The molecule has 5 heteroatoms. The van der Waals surface area contributed by atoms with E-state index < -0.39 is 0 Å². The van der Waals surface area contributed by atoms with E-state index in [2.05, 4.69) is 22.1 Å². The van der Waals surface area contributed by atoms with Crippen LogP contribution in [-0.2, 0) is 24.5 Å². The van der Waals surface area contributed by atoms with Gasteiger partial charge in [0.2, 0.25) is 0 Å². The Hall–Kier alpha value is -2.92. The number of aromatic amines is 1. The van der Waals surface area contributed by atoms with Gasteiger partial charge in [0.25, 0.3) is 5.91 Å². The molecule has 0 radical (unpaired) electrons. The number of carbonyl (C=O) groups excluding carboxylic acids is 1. The Morgan fingerprint density at radius 2 is 2.00 bits per heavy atom. The quantitative estimate of drug-likeness (QED) is 0.776. The first-order chi connectivity index (χ1) is 12.8. The van der Waals surface area contributed by atoms with E-state index in [0.29, 0.717) is 26.3 Å². The van der Waals surface area contributed by atoms with Crippen LogP contribution in [0.4, 0.5) is 0 Å². The second kappa shape index (κ2) is 6.11. The van der Waals surface area contributed by atoms with Crippen LogP contribution in [0.5, 0.6) is 0 Å². The summed E-state index contributed by atoms with van der Waals surface area (Å²) in [6, 6.07) is 16.2. The van der Waals surface area contributed by atoms with Crippen LogP contribution in [0.25, 0.3) is 0 Å². The number of nitrogens with zero attached hydrogens (tertiary/aromatic N) is 2. The lowest BCUT2D eigenvalue weighted by Crippen LogP contribution is -2.39. The van der Waals surface area contributed by atoms with Crippen LogP contribution in [0, 0.1) is 0 Å². The molecule has 0 saturated carbocycles. The van der Waals surface area contributed by atoms with Crippen molar-refractivity contribution in [3.05, 3.63) is 88.5 Å². The predicted octanol–water partition coefficient (Wildman–Crippen LogP) is 3.23. The second-order valence-corrected chi connectivity index (χ2v) is 6.85. The number of H-pyrrole nitrogens is 1. The number of rotatable bonds is 2. The summed E-state index contributed by atoms with van der Waals surface area (Å²) in [6.45, 7) is 2.30. The molecule has 130 valence electrons. The van der Waals surface area contributed by atoms with Gasteiger partial charge >= 0.3 is 0 Å². The summed E-state index contributed by atoms with van der Waals surface area (Å²) in [5.74, 6) is 0.150. The Bertz CT molecular complexity index is 964. The zero-order valence-corrected chi connectivity index (χ0v) is 14.3. The number of nitrogens with one attached hydrogen (secondary N) is 1. The SMILES string of the molecule is O=C(c1cccc2c1COC2)N1Cc2[nH]cnc2C(c2ccccc2)C1. The molecule has 3 heterocycles. The van der Waals surface area contributed by atoms with Crippen LogP contribution in [0.3, 0.4) is 0 Å². The second-order valence-electron chi connectivity index (χ2n) is 6.85. The first-order valence-corrected chi connectivity index (χ1v) is 8.86. The van der Waals surface area contributed by atoms with E-state index in [-0.39, 0.29) is 11.8 Å². The van der Waals surface area contributed by atoms with E-state index in [1.807, 2.05) is 41.3 Å². The van der Waals surface area contributed by atoms with Gasteiger partial charge in [-0.25, -0.2) is 4.98 Å². The van der Waals surface area contributed by atoms with E-state index in [9.17, 15) is 4.79 Å². The minimum absolute atomic E-state index is 0.0635. The molecule has 5 nitrogen and oxygen atoms in total. The van der Waals surface area contributed by atoms with E-state index in [1.165, 1.54) is 5.56 Å². The Morgan fingerprint density at radius 1 is 1.12 bits per heavy atom. The van der Waals surface area contributed by atoms with Gasteiger partial charge < -0.3 is 14.6 Å². The summed E-state index contributed by atoms with van der Waals surface area (Å²) < 4.78 is 5.54. The first-order valence-electron chi connectivity index (χ1n) is 8.86. The molecule has 26 heavy (non-hydrogen) atoms. The third-order valence-corrected chi connectivity index (χ3v) is 5.33. The lowest BCUT2D eigenvalue weighted by Gasteiger charge is -2.32. The summed E-state index contributed by atoms with van der Waals surface area (Å²) in [7, 11) is 0. The summed E-state index contributed by atoms with van der Waals surface area (Å²) in [5, 5.41) is 0. The fraction of sp³-hybridized carbons (Fsp3) is 0.238. The molecule has 0 aliphatic carbocycles. The standard InChI is InChI=1S/C21H19N3O2/c25-21(16-8-4-7-15-11-26-12-18(15)16)24-9-17(14-5-2-1-3-6-14)20-19(10-24)22-13-23-20/h1-8,13,17H,9-12H2,(H,22,23). The van der Waals surface area contributed by atoms with Gasteiger partial charge in [-0.05, 0) is 22.8 Å². The lowest BCUT2D eigenvalue weighted by molar-refractivity contribution is 0.0717. The Labute approximate surface area is 151 Å². The molecule has 1 unspecified atom stereocenters. The molecular weight excluding hydrogens is 326 g/mol. The fourth-order valence-corrected chi connectivity index (χ4v) is 4.00. The number of carbonyl (C=O) groups is 1. The average Bonchev–Trinajstić information content (AvgIpc) is 3.36. The zero-order chi connectivity index (χ0) is 17.5. The molecule has 0 saturated heterocycles. The van der Waals surface area contributed by atoms with Gasteiger partial charge in [-0.1, -0.05) is 42.5 Å². The highest BCUT2D eigenvalue weighted by molar-refractivity contribution is 5.96. The smallest absolute Gasteiger partial charge is 0.254 e. The molecule has 1 atom stereocenters. The van der Waals surface area contributed by atoms with Crippen molar-refractivity contribution in [3.8, 4) is 0 Å². The molecule has 3 aromatic rings. The molecule has 0 spiro atoms. The minimum Gasteiger partial charge on any atom is -0.372 e. The Balaban J connectivity index is 1.51. The molecule has 0 fully saturated rings. The summed E-state index contributed by atoms with van der Waals surface area (Å²) >= 11 is 0. The van der Waals surface area contributed by atoms with Crippen LogP contribution in [-0.4, -0.2) is 27.3 Å². The van der Waals surface area contributed by atoms with Gasteiger partial charge in [-0.2, -0.15) is 0 Å². The van der Waals surface area contributed by atoms with E-state index in [4.69, 9.17) is 4.74 Å². The number of hydrogen-bond acceptors (Lipinski definition) is 3. The summed E-state index contributed by atoms with van der Waals surface area (Å²) in [4.78, 5) is 23.0. The van der Waals surface area contributed by atoms with Gasteiger partial charge in [0.15, 0.2) is 0 Å². The van der Waals surface area contributed by atoms with E-state index in [1.54, 1.807) is 6.33 Å². The molecule has 2 aliphatic rings. The summed E-state index contributed by atoms with van der Waals surface area (Å²) in [5.41, 5.74) is 6.15. The normalized spacial score (nSPS) is 18.5. The van der Waals surface area contributed by atoms with Crippen molar-refractivity contribution in [2.75, 3.05) is 6.54 Å². The third kappa shape index (κ3) is 2.44. The van der Waals surface area contributed by atoms with Crippen LogP contribution in [0.1, 0.15) is 44.4 Å². The van der Waals surface area contributed by atoms with E-state index in [0.717, 1.165) is 28.1 Å². The zero-order valence-electron chi connectivity index (χ0n) is 14.3. The maximum atomic E-state index is 13.3. The maximum Gasteiger partial charge on any atom is 0.254 e. The number of amides is 1. The Morgan fingerprint density at radius 3 is 2.88 bits per heavy atom. The van der Waals surface area contributed by atoms with Crippen molar-refractivity contribution in [1.82, 2.24) is 14.9 Å². The topological polar surface area (TPSA) is 58.2 Å². The van der Waals surface area contributed by atoms with Gasteiger partial charge in [0, 0.05) is 18.0 Å². The maximum absolute atomic E-state index is 13.3. The third-order valence-electron chi connectivity index (χ3n) is 5.33. The highest BCUT2D eigenvalue weighted by atomic mass is 16.5. The van der Waals surface area contributed by atoms with Gasteiger partial charge in [0.1, 0.15) is 0 Å². The number of aromatic nitrogens is 2. The first kappa shape index (κ1) is 15.3. The number of hydrogen-bond donors (Lipinski definition) is 1. The number of imidazole rings is 1. The van der Waals surface area contributed by atoms with Crippen molar-refractivity contribution in [3.63, 3.8) is 0 Å². The van der Waals surface area contributed by atoms with Crippen LogP contribution in [0.15, 0.2) is 54.9 Å². The van der Waals surface area contributed by atoms with Crippen molar-refractivity contribution < 1.29 is 9.53 Å². The number of ether oxygens (including phenoxy) is 1. The molecule has 1 N–H and O–H groups in total. The molecule has 2 aliphatic heterocycles. The van der Waals surface area contributed by atoms with Crippen LogP contribution in [0.2, 0.25) is 0 Å². The van der Waals surface area contributed by atoms with Gasteiger partial charge in [-0.15, -0.1) is 0 Å². The lowest BCUT2D eigenvalue weighted by atomic mass is 9.90. The average molecular weight is 345 g/mol. The van der Waals surface area contributed by atoms with Crippen molar-refractivity contribution in [1.29, 1.82) is 0 Å². The highest BCUT2D eigenvalue weighted by Crippen LogP contribution is 2.33. The highest BCUT2D eigenvalue weighted by Gasteiger charge is 2.33. The minimum atomic E-state index is 0.0635. The molecular formula is C21H19N3O2.